The summed E-state index contributed by atoms with van der Waals surface area (Å²) in [5, 5.41) is 9.68. The van der Waals surface area contributed by atoms with E-state index < -0.39 is 5.97 Å². The van der Waals surface area contributed by atoms with Gasteiger partial charge < -0.3 is 10.8 Å². The summed E-state index contributed by atoms with van der Waals surface area (Å²) in [5.74, 6) is -1.01. The molecule has 0 saturated heterocycles. The van der Waals surface area contributed by atoms with Crippen LogP contribution in [-0.2, 0) is 0 Å². The zero-order chi connectivity index (χ0) is 12.4. The summed E-state index contributed by atoms with van der Waals surface area (Å²) in [6.45, 7) is 0. The predicted molar refractivity (Wildman–Crippen MR) is 68.3 cm³/mol. The van der Waals surface area contributed by atoms with Gasteiger partial charge in [-0.2, -0.15) is 0 Å². The molecule has 0 unspecified atom stereocenters. The molecule has 0 aliphatic rings. The van der Waals surface area contributed by atoms with E-state index in [2.05, 4.69) is 0 Å². The topological polar surface area (TPSA) is 63.3 Å². The van der Waals surface area contributed by atoms with E-state index in [9.17, 15) is 4.79 Å². The Balaban J connectivity index is 2.70. The third kappa shape index (κ3) is 2.24. The lowest BCUT2D eigenvalue weighted by molar-refractivity contribution is 0.0698. The molecule has 0 fully saturated rings. The first kappa shape index (κ1) is 11.5. The number of hydrogen-bond acceptors (Lipinski definition) is 2. The first-order valence-corrected chi connectivity index (χ1v) is 5.35. The normalized spacial score (nSPS) is 10.2. The highest BCUT2D eigenvalue weighted by Crippen LogP contribution is 2.31. The van der Waals surface area contributed by atoms with E-state index >= 15 is 0 Å². The Kier molecular flexibility index (Phi) is 3.02. The minimum atomic E-state index is -1.01. The molecule has 86 valence electrons. The average Bonchev–Trinajstić information content (AvgIpc) is 2.28. The van der Waals surface area contributed by atoms with Crippen molar-refractivity contribution in [3.05, 3.63) is 53.1 Å². The minimum absolute atomic E-state index is 0.173. The van der Waals surface area contributed by atoms with Crippen molar-refractivity contribution in [3.8, 4) is 11.1 Å². The Bertz CT molecular complexity index is 581. The van der Waals surface area contributed by atoms with E-state index in [-0.39, 0.29) is 5.56 Å². The maximum absolute atomic E-state index is 11.1. The van der Waals surface area contributed by atoms with Crippen molar-refractivity contribution < 1.29 is 9.90 Å². The fourth-order valence-electron chi connectivity index (χ4n) is 1.71. The number of anilines is 1. The standard InChI is InChI=1S/C13H10ClNO2/c14-9-4-1-3-8(7-9)12-10(13(16)17)5-2-6-11(12)15/h1-7H,15H2,(H,16,17). The van der Waals surface area contributed by atoms with E-state index in [1.165, 1.54) is 6.07 Å². The molecule has 0 spiro atoms. The van der Waals surface area contributed by atoms with E-state index in [0.29, 0.717) is 21.8 Å². The average molecular weight is 248 g/mol. The minimum Gasteiger partial charge on any atom is -0.478 e. The van der Waals surface area contributed by atoms with Crippen LogP contribution in [0.3, 0.4) is 0 Å². The van der Waals surface area contributed by atoms with Gasteiger partial charge in [0.15, 0.2) is 0 Å². The molecule has 4 heteroatoms. The Morgan fingerprint density at radius 3 is 2.53 bits per heavy atom. The van der Waals surface area contributed by atoms with Crippen molar-refractivity contribution in [1.29, 1.82) is 0 Å². The zero-order valence-corrected chi connectivity index (χ0v) is 9.61. The maximum atomic E-state index is 11.1. The molecule has 0 atom stereocenters. The van der Waals surface area contributed by atoms with Crippen LogP contribution in [0.2, 0.25) is 5.02 Å². The van der Waals surface area contributed by atoms with Gasteiger partial charge in [0, 0.05) is 16.3 Å². The van der Waals surface area contributed by atoms with E-state index in [1.54, 1.807) is 36.4 Å². The first-order valence-electron chi connectivity index (χ1n) is 4.97. The third-order valence-electron chi connectivity index (χ3n) is 2.44. The van der Waals surface area contributed by atoms with Gasteiger partial charge in [0.05, 0.1) is 5.56 Å². The number of halogens is 1. The number of nitrogen functional groups attached to an aromatic ring is 1. The molecule has 0 bridgehead atoms. The third-order valence-corrected chi connectivity index (χ3v) is 2.68. The summed E-state index contributed by atoms with van der Waals surface area (Å²) in [6, 6.07) is 11.8. The van der Waals surface area contributed by atoms with Crippen LogP contribution in [0.4, 0.5) is 5.69 Å². The van der Waals surface area contributed by atoms with Crippen LogP contribution in [0, 0.1) is 0 Å². The Morgan fingerprint density at radius 2 is 1.88 bits per heavy atom. The lowest BCUT2D eigenvalue weighted by Gasteiger charge is -2.09. The molecule has 2 rings (SSSR count). The second kappa shape index (κ2) is 4.47. The van der Waals surface area contributed by atoms with Crippen molar-refractivity contribution >= 4 is 23.3 Å². The number of carboxylic acid groups (broad SMARTS) is 1. The van der Waals surface area contributed by atoms with Gasteiger partial charge in [-0.25, -0.2) is 4.79 Å². The van der Waals surface area contributed by atoms with Crippen LogP contribution in [0.1, 0.15) is 10.4 Å². The Labute approximate surface area is 103 Å². The summed E-state index contributed by atoms with van der Waals surface area (Å²) in [4.78, 5) is 11.1. The quantitative estimate of drug-likeness (QED) is 0.801. The van der Waals surface area contributed by atoms with Crippen molar-refractivity contribution in [3.63, 3.8) is 0 Å². The molecule has 0 radical (unpaired) electrons. The summed E-state index contributed by atoms with van der Waals surface area (Å²) in [5.41, 5.74) is 7.64. The molecule has 0 amide bonds. The molecule has 2 aromatic rings. The van der Waals surface area contributed by atoms with Gasteiger partial charge in [0.1, 0.15) is 0 Å². The van der Waals surface area contributed by atoms with Gasteiger partial charge in [-0.1, -0.05) is 29.8 Å². The van der Waals surface area contributed by atoms with Crippen molar-refractivity contribution in [1.82, 2.24) is 0 Å². The predicted octanol–water partition coefficient (Wildman–Crippen LogP) is 3.29. The first-order chi connectivity index (χ1) is 8.09. The number of nitrogens with two attached hydrogens (primary N) is 1. The van der Waals surface area contributed by atoms with Crippen LogP contribution in [-0.4, -0.2) is 11.1 Å². The number of carboxylic acids is 1. The molecule has 0 aromatic heterocycles. The molecular formula is C13H10ClNO2. The largest absolute Gasteiger partial charge is 0.478 e. The number of benzene rings is 2. The van der Waals surface area contributed by atoms with Crippen molar-refractivity contribution in [2.75, 3.05) is 5.73 Å². The van der Waals surface area contributed by atoms with Crippen LogP contribution < -0.4 is 5.73 Å². The molecule has 0 heterocycles. The summed E-state index contributed by atoms with van der Waals surface area (Å²) >= 11 is 5.89. The van der Waals surface area contributed by atoms with Gasteiger partial charge in [0.25, 0.3) is 0 Å². The highest BCUT2D eigenvalue weighted by atomic mass is 35.5. The summed E-state index contributed by atoms with van der Waals surface area (Å²) < 4.78 is 0. The molecule has 3 N–H and O–H groups in total. The lowest BCUT2D eigenvalue weighted by atomic mass is 9.98. The van der Waals surface area contributed by atoms with Crippen LogP contribution in [0.5, 0.6) is 0 Å². The van der Waals surface area contributed by atoms with Gasteiger partial charge in [0.2, 0.25) is 0 Å². The number of hydrogen-bond donors (Lipinski definition) is 2. The van der Waals surface area contributed by atoms with Gasteiger partial charge in [-0.15, -0.1) is 0 Å². The number of carbonyl (C=O) groups is 1. The van der Waals surface area contributed by atoms with Crippen LogP contribution in [0.25, 0.3) is 11.1 Å². The second-order valence-corrected chi connectivity index (χ2v) is 4.02. The molecule has 2 aromatic carbocycles. The van der Waals surface area contributed by atoms with E-state index in [0.717, 1.165) is 0 Å². The fraction of sp³-hybridized carbons (Fsp3) is 0. The highest BCUT2D eigenvalue weighted by molar-refractivity contribution is 6.30. The molecule has 3 nitrogen and oxygen atoms in total. The van der Waals surface area contributed by atoms with Crippen molar-refractivity contribution in [2.45, 2.75) is 0 Å². The molecular weight excluding hydrogens is 238 g/mol. The van der Waals surface area contributed by atoms with E-state index in [1.807, 2.05) is 0 Å². The molecule has 0 aliphatic heterocycles. The van der Waals surface area contributed by atoms with Crippen LogP contribution in [0.15, 0.2) is 42.5 Å². The van der Waals surface area contributed by atoms with Crippen molar-refractivity contribution in [2.24, 2.45) is 0 Å². The lowest BCUT2D eigenvalue weighted by Crippen LogP contribution is -2.02. The Morgan fingerprint density at radius 1 is 1.18 bits per heavy atom. The molecule has 0 aliphatic carbocycles. The fourth-order valence-corrected chi connectivity index (χ4v) is 1.90. The van der Waals surface area contributed by atoms with Gasteiger partial charge in [-0.3, -0.25) is 0 Å². The molecule has 0 saturated carbocycles. The zero-order valence-electron chi connectivity index (χ0n) is 8.85. The maximum Gasteiger partial charge on any atom is 0.336 e. The Hall–Kier alpha value is -2.00. The summed E-state index contributed by atoms with van der Waals surface area (Å²) in [6.07, 6.45) is 0. The monoisotopic (exact) mass is 247 g/mol. The van der Waals surface area contributed by atoms with Crippen LogP contribution >= 0.6 is 11.6 Å². The second-order valence-electron chi connectivity index (χ2n) is 3.59. The van der Waals surface area contributed by atoms with Gasteiger partial charge >= 0.3 is 5.97 Å². The van der Waals surface area contributed by atoms with Gasteiger partial charge in [-0.05, 0) is 29.8 Å². The molecule has 17 heavy (non-hydrogen) atoms. The number of rotatable bonds is 2. The van der Waals surface area contributed by atoms with E-state index in [4.69, 9.17) is 22.4 Å². The summed E-state index contributed by atoms with van der Waals surface area (Å²) in [7, 11) is 0. The highest BCUT2D eigenvalue weighted by Gasteiger charge is 2.14. The smallest absolute Gasteiger partial charge is 0.336 e. The number of aromatic carboxylic acids is 1. The SMILES string of the molecule is Nc1cccc(C(=O)O)c1-c1cccc(Cl)c1.